The first-order chi connectivity index (χ1) is 17.6. The molecule has 0 amide bonds. The van der Waals surface area contributed by atoms with Crippen LogP contribution >= 0.6 is 35.0 Å². The Kier molecular flexibility index (Phi) is 9.41. The number of nitrogens with zero attached hydrogens (tertiary/aromatic N) is 4. The molecule has 0 radical (unpaired) electrons. The van der Waals surface area contributed by atoms with Gasteiger partial charge in [-0.05, 0) is 59.3 Å². The molecule has 0 fully saturated rings. The number of hydrogen-bond acceptors (Lipinski definition) is 7. The molecule has 4 rings (SSSR count). The molecule has 7 nitrogen and oxygen atoms in total. The number of nitrogens with one attached hydrogen (secondary N) is 1. The summed E-state index contributed by atoms with van der Waals surface area (Å²) in [5, 5.41) is 16.9. The first kappa shape index (κ1) is 26.2. The number of aromatic nitrogens is 4. The average molecular weight is 548 g/mol. The van der Waals surface area contributed by atoms with Gasteiger partial charge in [-0.2, -0.15) is 4.68 Å². The summed E-state index contributed by atoms with van der Waals surface area (Å²) in [6.07, 6.45) is 0.908. The van der Waals surface area contributed by atoms with Crippen molar-refractivity contribution in [2.24, 2.45) is 0 Å². The van der Waals surface area contributed by atoms with E-state index in [1.165, 1.54) is 6.07 Å². The summed E-state index contributed by atoms with van der Waals surface area (Å²) < 4.78 is 27.0. The minimum Gasteiger partial charge on any atom is -0.493 e. The molecule has 0 aliphatic rings. The van der Waals surface area contributed by atoms with Crippen LogP contribution in [0.2, 0.25) is 10.0 Å². The van der Waals surface area contributed by atoms with Crippen molar-refractivity contribution < 1.29 is 13.9 Å². The van der Waals surface area contributed by atoms with Crippen LogP contribution < -0.4 is 14.8 Å². The summed E-state index contributed by atoms with van der Waals surface area (Å²) in [5.41, 5.74) is 2.07. The first-order valence-corrected chi connectivity index (χ1v) is 12.9. The van der Waals surface area contributed by atoms with Crippen LogP contribution in [0.1, 0.15) is 17.5 Å². The molecule has 4 aromatic rings. The summed E-state index contributed by atoms with van der Waals surface area (Å²) in [6, 6.07) is 17.8. The van der Waals surface area contributed by atoms with E-state index in [2.05, 4.69) is 20.8 Å². The summed E-state index contributed by atoms with van der Waals surface area (Å²) in [5.74, 6) is 1.34. The smallest absolute Gasteiger partial charge is 0.214 e. The highest BCUT2D eigenvalue weighted by Crippen LogP contribution is 2.34. The second kappa shape index (κ2) is 12.9. The molecule has 188 valence electrons. The minimum absolute atomic E-state index is 0.0407. The van der Waals surface area contributed by atoms with E-state index in [4.69, 9.17) is 32.7 Å². The van der Waals surface area contributed by atoms with Crippen LogP contribution in [0.5, 0.6) is 11.5 Å². The van der Waals surface area contributed by atoms with Crippen molar-refractivity contribution in [3.63, 3.8) is 0 Å². The second-order valence-corrected chi connectivity index (χ2v) is 9.55. The quantitative estimate of drug-likeness (QED) is 0.173. The highest BCUT2D eigenvalue weighted by atomic mass is 35.5. The predicted molar refractivity (Wildman–Crippen MR) is 140 cm³/mol. The Morgan fingerprint density at radius 3 is 2.64 bits per heavy atom. The minimum atomic E-state index is -0.428. The van der Waals surface area contributed by atoms with Gasteiger partial charge in [-0.15, -0.1) is 5.10 Å². The Morgan fingerprint density at radius 2 is 1.86 bits per heavy atom. The lowest BCUT2D eigenvalue weighted by Gasteiger charge is -2.15. The van der Waals surface area contributed by atoms with E-state index >= 15 is 0 Å². The van der Waals surface area contributed by atoms with Crippen LogP contribution in [0.15, 0.2) is 65.8 Å². The second-order valence-electron chi connectivity index (χ2n) is 7.67. The van der Waals surface area contributed by atoms with Gasteiger partial charge in [0.05, 0.1) is 17.8 Å². The maximum atomic E-state index is 14.0. The predicted octanol–water partition coefficient (Wildman–Crippen LogP) is 5.97. The zero-order valence-corrected chi connectivity index (χ0v) is 21.8. The van der Waals surface area contributed by atoms with Crippen molar-refractivity contribution in [1.82, 2.24) is 25.5 Å². The Hall–Kier alpha value is -2.85. The van der Waals surface area contributed by atoms with Crippen LogP contribution in [0.4, 0.5) is 4.39 Å². The van der Waals surface area contributed by atoms with E-state index in [1.54, 1.807) is 41.8 Å². The highest BCUT2D eigenvalue weighted by Gasteiger charge is 2.14. The molecule has 0 saturated carbocycles. The van der Waals surface area contributed by atoms with Crippen molar-refractivity contribution in [2.75, 3.05) is 19.4 Å². The van der Waals surface area contributed by atoms with Gasteiger partial charge in [-0.1, -0.05) is 59.2 Å². The molecule has 36 heavy (non-hydrogen) atoms. The molecule has 0 bridgehead atoms. The van der Waals surface area contributed by atoms with E-state index in [9.17, 15) is 4.39 Å². The Balaban J connectivity index is 1.26. The monoisotopic (exact) mass is 547 g/mol. The van der Waals surface area contributed by atoms with Gasteiger partial charge in [0.15, 0.2) is 11.5 Å². The van der Waals surface area contributed by atoms with Crippen LogP contribution in [-0.2, 0) is 13.2 Å². The van der Waals surface area contributed by atoms with E-state index in [-0.39, 0.29) is 12.2 Å². The van der Waals surface area contributed by atoms with E-state index < -0.39 is 5.82 Å². The topological polar surface area (TPSA) is 74.1 Å². The van der Waals surface area contributed by atoms with Crippen molar-refractivity contribution in [3.05, 3.63) is 87.7 Å². The fourth-order valence-corrected chi connectivity index (χ4v) is 4.66. The molecule has 0 aliphatic heterocycles. The van der Waals surface area contributed by atoms with Crippen molar-refractivity contribution in [3.8, 4) is 17.2 Å². The van der Waals surface area contributed by atoms with Gasteiger partial charge in [0.1, 0.15) is 12.4 Å². The Labute approximate surface area is 222 Å². The van der Waals surface area contributed by atoms with Gasteiger partial charge in [-0.25, -0.2) is 4.39 Å². The summed E-state index contributed by atoms with van der Waals surface area (Å²) in [7, 11) is 1.55. The molecule has 11 heteroatoms. The molecule has 0 spiro atoms. The number of rotatable bonds is 12. The molecule has 1 aromatic heterocycles. The number of tetrazole rings is 1. The van der Waals surface area contributed by atoms with E-state index in [0.29, 0.717) is 28.1 Å². The maximum absolute atomic E-state index is 14.0. The van der Waals surface area contributed by atoms with Gasteiger partial charge < -0.3 is 14.8 Å². The van der Waals surface area contributed by atoms with Crippen LogP contribution in [-0.4, -0.2) is 39.6 Å². The fraction of sp³-hybridized carbons (Fsp3) is 0.240. The number of ether oxygens (including phenoxy) is 2. The highest BCUT2D eigenvalue weighted by molar-refractivity contribution is 7.99. The van der Waals surface area contributed by atoms with Gasteiger partial charge in [0, 0.05) is 29.0 Å². The third-order valence-electron chi connectivity index (χ3n) is 5.25. The third-order valence-corrected chi connectivity index (χ3v) is 6.96. The third kappa shape index (κ3) is 6.67. The zero-order chi connectivity index (χ0) is 25.3. The number of benzene rings is 3. The average Bonchev–Trinajstić information content (AvgIpc) is 3.36. The van der Waals surface area contributed by atoms with E-state index in [1.807, 2.05) is 36.4 Å². The number of hydrogen-bond donors (Lipinski definition) is 1. The summed E-state index contributed by atoms with van der Waals surface area (Å²) in [4.78, 5) is 0. The number of para-hydroxylation sites is 1. The van der Waals surface area contributed by atoms with Crippen LogP contribution in [0.3, 0.4) is 0 Å². The number of thioether (sulfide) groups is 1. The summed E-state index contributed by atoms with van der Waals surface area (Å²) in [6.45, 7) is 1.30. The fourth-order valence-electron chi connectivity index (χ4n) is 3.39. The lowest BCUT2D eigenvalue weighted by atomic mass is 10.2. The van der Waals surface area contributed by atoms with Crippen molar-refractivity contribution in [2.45, 2.75) is 24.7 Å². The lowest BCUT2D eigenvalue weighted by Crippen LogP contribution is -2.16. The summed E-state index contributed by atoms with van der Waals surface area (Å²) >= 11 is 14.2. The molecule has 0 atom stereocenters. The molecular weight excluding hydrogens is 524 g/mol. The van der Waals surface area contributed by atoms with Crippen molar-refractivity contribution >= 4 is 35.0 Å². The molecule has 1 N–H and O–H groups in total. The number of halogens is 3. The molecule has 3 aromatic carbocycles. The van der Waals surface area contributed by atoms with Gasteiger partial charge in [0.25, 0.3) is 0 Å². The largest absolute Gasteiger partial charge is 0.493 e. The van der Waals surface area contributed by atoms with Gasteiger partial charge >= 0.3 is 0 Å². The zero-order valence-electron chi connectivity index (χ0n) is 19.5. The normalized spacial score (nSPS) is 11.0. The molecule has 0 saturated heterocycles. The van der Waals surface area contributed by atoms with Crippen LogP contribution in [0.25, 0.3) is 5.69 Å². The Bertz CT molecular complexity index is 1270. The lowest BCUT2D eigenvalue weighted by molar-refractivity contribution is 0.279. The SMILES string of the molecule is COc1cc(CNCCCSc2nnnn2-c2ccccc2)c(Cl)cc1OCc1c(F)cccc1Cl. The van der Waals surface area contributed by atoms with E-state index in [0.717, 1.165) is 35.1 Å². The molecule has 0 aliphatic carbocycles. The first-order valence-electron chi connectivity index (χ1n) is 11.2. The molecular formula is C25H24Cl2FN5O2S. The van der Waals surface area contributed by atoms with Crippen molar-refractivity contribution in [1.29, 1.82) is 0 Å². The van der Waals surface area contributed by atoms with Gasteiger partial charge in [0.2, 0.25) is 5.16 Å². The maximum Gasteiger partial charge on any atom is 0.214 e. The standard InChI is InChI=1S/C25H24Cl2FN5O2S/c1-34-23-13-17(21(27)14-24(23)35-16-19-20(26)9-5-10-22(19)28)15-29-11-6-12-36-25-30-31-32-33(25)18-7-3-2-4-8-18/h2-5,7-10,13-14,29H,6,11-12,15-16H2,1H3. The number of methoxy groups -OCH3 is 1. The molecule has 1 heterocycles. The van der Waals surface area contributed by atoms with Crippen LogP contribution in [0, 0.1) is 5.82 Å². The Morgan fingerprint density at radius 1 is 1.03 bits per heavy atom. The molecule has 0 unspecified atom stereocenters. The van der Waals surface area contributed by atoms with Gasteiger partial charge in [-0.3, -0.25) is 0 Å².